The lowest BCUT2D eigenvalue weighted by Crippen LogP contribution is -2.26. The predicted molar refractivity (Wildman–Crippen MR) is 87.2 cm³/mol. The third-order valence-corrected chi connectivity index (χ3v) is 5.11. The molecule has 0 amide bonds. The van der Waals surface area contributed by atoms with Gasteiger partial charge in [-0.1, -0.05) is 29.8 Å². The number of rotatable bonds is 6. The molecule has 1 atom stereocenters. The first-order valence-corrected chi connectivity index (χ1v) is 8.78. The summed E-state index contributed by atoms with van der Waals surface area (Å²) in [7, 11) is 0. The second-order valence-electron chi connectivity index (χ2n) is 5.55. The zero-order valence-electron chi connectivity index (χ0n) is 11.6. The Kier molecular flexibility index (Phi) is 5.60. The highest BCUT2D eigenvalue weighted by atomic mass is 79.9. The predicted octanol–water partition coefficient (Wildman–Crippen LogP) is 3.64. The minimum absolute atomic E-state index is 0.200. The van der Waals surface area contributed by atoms with Gasteiger partial charge < -0.3 is 10.5 Å². The molecule has 2 rings (SSSR count). The molecule has 0 bridgehead atoms. The summed E-state index contributed by atoms with van der Waals surface area (Å²) in [6, 6.07) is 4.51. The van der Waals surface area contributed by atoms with E-state index >= 15 is 0 Å². The summed E-state index contributed by atoms with van der Waals surface area (Å²) in [5.74, 6) is 4.00. The Bertz CT molecular complexity index is 436. The largest absolute Gasteiger partial charge is 0.493 e. The van der Waals surface area contributed by atoms with E-state index in [-0.39, 0.29) is 6.04 Å². The maximum absolute atomic E-state index is 6.24. The molecule has 19 heavy (non-hydrogen) atoms. The van der Waals surface area contributed by atoms with Gasteiger partial charge in [0.25, 0.3) is 0 Å². The highest BCUT2D eigenvalue weighted by Gasteiger charge is 2.19. The van der Waals surface area contributed by atoms with Gasteiger partial charge in [-0.2, -0.15) is 11.8 Å². The van der Waals surface area contributed by atoms with Gasteiger partial charge >= 0.3 is 0 Å². The zero-order valence-corrected chi connectivity index (χ0v) is 14.0. The van der Waals surface area contributed by atoms with E-state index in [4.69, 9.17) is 10.5 Å². The summed E-state index contributed by atoms with van der Waals surface area (Å²) in [4.78, 5) is 0. The normalized spacial score (nSPS) is 15.4. The average molecular weight is 344 g/mol. The molecule has 2 N–H and O–H groups in total. The average Bonchev–Trinajstić information content (AvgIpc) is 2.76. The Balaban J connectivity index is 1.95. The van der Waals surface area contributed by atoms with E-state index in [0.29, 0.717) is 0 Å². The van der Waals surface area contributed by atoms with Crippen LogP contribution in [-0.4, -0.2) is 24.2 Å². The molecule has 0 aromatic heterocycles. The highest BCUT2D eigenvalue weighted by Crippen LogP contribution is 2.33. The SMILES string of the molecule is CC(C)CSCC(N)Cc1cc(Br)cc2c1OCC2. The first-order valence-electron chi connectivity index (χ1n) is 6.83. The van der Waals surface area contributed by atoms with E-state index in [1.807, 2.05) is 11.8 Å². The van der Waals surface area contributed by atoms with Crippen molar-refractivity contribution in [1.82, 2.24) is 0 Å². The van der Waals surface area contributed by atoms with Crippen LogP contribution in [0.1, 0.15) is 25.0 Å². The molecule has 106 valence electrons. The van der Waals surface area contributed by atoms with E-state index in [2.05, 4.69) is 41.9 Å². The van der Waals surface area contributed by atoms with E-state index in [9.17, 15) is 0 Å². The van der Waals surface area contributed by atoms with Crippen LogP contribution < -0.4 is 10.5 Å². The summed E-state index contributed by atoms with van der Waals surface area (Å²) in [5.41, 5.74) is 8.81. The fourth-order valence-corrected chi connectivity index (χ4v) is 3.87. The Morgan fingerprint density at radius 3 is 2.89 bits per heavy atom. The van der Waals surface area contributed by atoms with Crippen molar-refractivity contribution in [2.24, 2.45) is 11.7 Å². The van der Waals surface area contributed by atoms with Gasteiger partial charge in [0, 0.05) is 22.7 Å². The maximum atomic E-state index is 6.24. The molecular formula is C15H22BrNOS. The van der Waals surface area contributed by atoms with Crippen LogP contribution in [0.3, 0.4) is 0 Å². The van der Waals surface area contributed by atoms with Crippen molar-refractivity contribution < 1.29 is 4.74 Å². The Labute approximate surface area is 128 Å². The number of nitrogens with two attached hydrogens (primary N) is 1. The molecule has 1 aliphatic heterocycles. The topological polar surface area (TPSA) is 35.2 Å². The fourth-order valence-electron chi connectivity index (χ4n) is 2.29. The Hall–Kier alpha value is -0.190. The van der Waals surface area contributed by atoms with E-state index in [1.54, 1.807) is 0 Å². The van der Waals surface area contributed by atoms with Gasteiger partial charge in [0.2, 0.25) is 0 Å². The van der Waals surface area contributed by atoms with Crippen molar-refractivity contribution in [3.8, 4) is 5.75 Å². The van der Waals surface area contributed by atoms with Crippen molar-refractivity contribution >= 4 is 27.7 Å². The van der Waals surface area contributed by atoms with Gasteiger partial charge in [0.05, 0.1) is 6.61 Å². The zero-order chi connectivity index (χ0) is 13.8. The lowest BCUT2D eigenvalue weighted by molar-refractivity contribution is 0.353. The molecule has 0 fully saturated rings. The van der Waals surface area contributed by atoms with E-state index < -0.39 is 0 Å². The van der Waals surface area contributed by atoms with Crippen LogP contribution in [-0.2, 0) is 12.8 Å². The molecule has 1 aromatic carbocycles. The number of fused-ring (bicyclic) bond motifs is 1. The summed E-state index contributed by atoms with van der Waals surface area (Å²) in [6.07, 6.45) is 1.91. The van der Waals surface area contributed by atoms with Crippen LogP contribution in [0.25, 0.3) is 0 Å². The molecule has 0 saturated heterocycles. The number of thioether (sulfide) groups is 1. The number of hydrogen-bond acceptors (Lipinski definition) is 3. The van der Waals surface area contributed by atoms with Gasteiger partial charge in [-0.25, -0.2) is 0 Å². The van der Waals surface area contributed by atoms with E-state index in [1.165, 1.54) is 16.9 Å². The number of halogens is 1. The molecule has 0 spiro atoms. The van der Waals surface area contributed by atoms with Gasteiger partial charge in [-0.3, -0.25) is 0 Å². The molecule has 0 radical (unpaired) electrons. The van der Waals surface area contributed by atoms with Gasteiger partial charge in [-0.05, 0) is 41.4 Å². The van der Waals surface area contributed by atoms with Gasteiger partial charge in [0.15, 0.2) is 0 Å². The first kappa shape index (κ1) is 15.2. The molecule has 1 heterocycles. The van der Waals surface area contributed by atoms with Crippen LogP contribution in [0.4, 0.5) is 0 Å². The summed E-state index contributed by atoms with van der Waals surface area (Å²) >= 11 is 5.52. The quantitative estimate of drug-likeness (QED) is 0.856. The number of ether oxygens (including phenoxy) is 1. The molecule has 1 unspecified atom stereocenters. The minimum Gasteiger partial charge on any atom is -0.493 e. The van der Waals surface area contributed by atoms with Crippen LogP contribution in [0.5, 0.6) is 5.75 Å². The smallest absolute Gasteiger partial charge is 0.125 e. The Morgan fingerprint density at radius 1 is 1.37 bits per heavy atom. The molecule has 1 aromatic rings. The van der Waals surface area contributed by atoms with Crippen LogP contribution in [0, 0.1) is 5.92 Å². The van der Waals surface area contributed by atoms with E-state index in [0.717, 1.165) is 41.3 Å². The van der Waals surface area contributed by atoms with Crippen LogP contribution in [0.2, 0.25) is 0 Å². The second kappa shape index (κ2) is 7.00. The van der Waals surface area contributed by atoms with Crippen LogP contribution in [0.15, 0.2) is 16.6 Å². The van der Waals surface area contributed by atoms with Crippen molar-refractivity contribution in [2.45, 2.75) is 32.7 Å². The maximum Gasteiger partial charge on any atom is 0.125 e. The monoisotopic (exact) mass is 343 g/mol. The summed E-state index contributed by atoms with van der Waals surface area (Å²) in [5, 5.41) is 0. The summed E-state index contributed by atoms with van der Waals surface area (Å²) in [6.45, 7) is 5.29. The third-order valence-electron chi connectivity index (χ3n) is 3.09. The van der Waals surface area contributed by atoms with Crippen molar-refractivity contribution in [3.63, 3.8) is 0 Å². The molecule has 0 saturated carbocycles. The third kappa shape index (κ3) is 4.40. The van der Waals surface area contributed by atoms with Crippen molar-refractivity contribution in [3.05, 3.63) is 27.7 Å². The molecular weight excluding hydrogens is 322 g/mol. The summed E-state index contributed by atoms with van der Waals surface area (Å²) < 4.78 is 6.88. The second-order valence-corrected chi connectivity index (χ2v) is 7.54. The molecule has 4 heteroatoms. The van der Waals surface area contributed by atoms with Crippen molar-refractivity contribution in [1.29, 1.82) is 0 Å². The lowest BCUT2D eigenvalue weighted by atomic mass is 10.0. The van der Waals surface area contributed by atoms with Gasteiger partial charge in [-0.15, -0.1) is 0 Å². The standard InChI is InChI=1S/C15H22BrNOS/c1-10(2)8-19-9-14(17)7-12-6-13(16)5-11-3-4-18-15(11)12/h5-6,10,14H,3-4,7-9,17H2,1-2H3. The first-order chi connectivity index (χ1) is 9.06. The van der Waals surface area contributed by atoms with Crippen LogP contribution >= 0.6 is 27.7 Å². The number of benzene rings is 1. The van der Waals surface area contributed by atoms with Crippen molar-refractivity contribution in [2.75, 3.05) is 18.1 Å². The molecule has 2 nitrogen and oxygen atoms in total. The highest BCUT2D eigenvalue weighted by molar-refractivity contribution is 9.10. The fraction of sp³-hybridized carbons (Fsp3) is 0.600. The number of hydrogen-bond donors (Lipinski definition) is 1. The Morgan fingerprint density at radius 2 is 2.16 bits per heavy atom. The molecule has 1 aliphatic rings. The van der Waals surface area contributed by atoms with Gasteiger partial charge in [0.1, 0.15) is 5.75 Å². The lowest BCUT2D eigenvalue weighted by Gasteiger charge is -2.15. The minimum atomic E-state index is 0.200. The molecule has 0 aliphatic carbocycles.